The van der Waals surface area contributed by atoms with Gasteiger partial charge in [-0.05, 0) is 12.8 Å². The van der Waals surface area contributed by atoms with Crippen molar-refractivity contribution in [3.05, 3.63) is 38.0 Å². The number of rotatable bonds is 2. The van der Waals surface area contributed by atoms with E-state index >= 15 is 0 Å². The largest absolute Gasteiger partial charge is 0.193 e. The Morgan fingerprint density at radius 2 is 1.25 bits per heavy atom. The average molecular weight is 165 g/mol. The van der Waals surface area contributed by atoms with E-state index in [4.69, 9.17) is 5.26 Å². The molecule has 0 saturated carbocycles. The van der Waals surface area contributed by atoms with Crippen LogP contribution in [0.15, 0.2) is 38.0 Å². The van der Waals surface area contributed by atoms with E-state index in [2.05, 4.69) is 33.6 Å². The second-order valence-corrected chi connectivity index (χ2v) is 1.73. The smallest absolute Gasteiger partial charge is 0.0905 e. The molecule has 1 nitrogen and oxygen atoms in total. The summed E-state index contributed by atoms with van der Waals surface area (Å²) in [5, 5.41) is 7.51. The Morgan fingerprint density at radius 3 is 1.25 bits per heavy atom. The monoisotopic (exact) mass is 165 g/mol. The quantitative estimate of drug-likeness (QED) is 0.450. The van der Waals surface area contributed by atoms with Gasteiger partial charge in [-0.1, -0.05) is 32.6 Å². The maximum absolute atomic E-state index is 7.51. The Morgan fingerprint density at radius 1 is 1.08 bits per heavy atom. The van der Waals surface area contributed by atoms with Crippen LogP contribution in [0.1, 0.15) is 26.7 Å². The summed E-state index contributed by atoms with van der Waals surface area (Å²) < 4.78 is 0. The molecule has 0 aromatic heterocycles. The maximum Gasteiger partial charge on any atom is 0.0905 e. The molecule has 12 heavy (non-hydrogen) atoms. The standard InChI is InChI=1S/2C4H8.C3H3N/c2*1-3-4-2;1-2-3-4/h2*3H,1,4H2,2H3;2H,1H2. The number of hydrogen-bond acceptors (Lipinski definition) is 1. The van der Waals surface area contributed by atoms with Crippen LogP contribution in [-0.2, 0) is 0 Å². The summed E-state index contributed by atoms with van der Waals surface area (Å²) in [6, 6.07) is 1.69. The molecular formula is C11H19N. The molecule has 0 aliphatic carbocycles. The first-order valence-corrected chi connectivity index (χ1v) is 3.97. The zero-order chi connectivity index (χ0) is 10.2. The lowest BCUT2D eigenvalue weighted by Gasteiger charge is -1.57. The Bertz CT molecular complexity index is 120. The highest BCUT2D eigenvalue weighted by molar-refractivity contribution is 4.93. The Hall–Kier alpha value is -1.29. The molecule has 0 radical (unpaired) electrons. The van der Waals surface area contributed by atoms with Crippen molar-refractivity contribution in [1.29, 1.82) is 5.26 Å². The SMILES string of the molecule is C=CC#N.C=CCC.C=CCC. The van der Waals surface area contributed by atoms with Gasteiger partial charge in [0.15, 0.2) is 0 Å². The van der Waals surface area contributed by atoms with E-state index in [0.717, 1.165) is 12.8 Å². The van der Waals surface area contributed by atoms with Crippen LogP contribution in [0.4, 0.5) is 0 Å². The lowest BCUT2D eigenvalue weighted by Crippen LogP contribution is -1.36. The molecule has 0 spiro atoms. The molecule has 0 amide bonds. The summed E-state index contributed by atoms with van der Waals surface area (Å²) in [4.78, 5) is 0. The highest BCUT2D eigenvalue weighted by atomic mass is 14.2. The van der Waals surface area contributed by atoms with Gasteiger partial charge in [0, 0.05) is 6.08 Å². The summed E-state index contributed by atoms with van der Waals surface area (Å²) in [5.74, 6) is 0. The van der Waals surface area contributed by atoms with Crippen molar-refractivity contribution in [1.82, 2.24) is 0 Å². The fourth-order valence-corrected chi connectivity index (χ4v) is 0. The van der Waals surface area contributed by atoms with Crippen LogP contribution in [0.5, 0.6) is 0 Å². The predicted molar refractivity (Wildman–Crippen MR) is 56.8 cm³/mol. The number of nitrogens with zero attached hydrogens (tertiary/aromatic N) is 1. The third-order valence-corrected chi connectivity index (χ3v) is 0.669. The van der Waals surface area contributed by atoms with E-state index in [1.54, 1.807) is 6.07 Å². The van der Waals surface area contributed by atoms with E-state index in [0.29, 0.717) is 0 Å². The van der Waals surface area contributed by atoms with Crippen molar-refractivity contribution in [3.8, 4) is 6.07 Å². The normalized spacial score (nSPS) is 5.42. The highest BCUT2D eigenvalue weighted by Crippen LogP contribution is 1.66. The van der Waals surface area contributed by atoms with E-state index in [1.165, 1.54) is 6.08 Å². The van der Waals surface area contributed by atoms with Gasteiger partial charge in [-0.15, -0.1) is 13.2 Å². The minimum Gasteiger partial charge on any atom is -0.193 e. The summed E-state index contributed by atoms with van der Waals surface area (Å²) in [5.41, 5.74) is 0. The molecule has 0 unspecified atom stereocenters. The first-order chi connectivity index (χ1) is 5.74. The zero-order valence-corrected chi connectivity index (χ0v) is 8.21. The Balaban J connectivity index is -0.000000101. The van der Waals surface area contributed by atoms with Crippen LogP contribution in [-0.4, -0.2) is 0 Å². The van der Waals surface area contributed by atoms with Crippen molar-refractivity contribution >= 4 is 0 Å². The molecule has 0 rings (SSSR count). The molecule has 0 bridgehead atoms. The van der Waals surface area contributed by atoms with Crippen molar-refractivity contribution in [2.75, 3.05) is 0 Å². The average Bonchev–Trinajstić information content (AvgIpc) is 2.18. The summed E-state index contributed by atoms with van der Waals surface area (Å²) >= 11 is 0. The second-order valence-electron chi connectivity index (χ2n) is 1.73. The predicted octanol–water partition coefficient (Wildman–Crippen LogP) is 3.86. The van der Waals surface area contributed by atoms with E-state index in [1.807, 2.05) is 12.2 Å². The van der Waals surface area contributed by atoms with Crippen LogP contribution in [0.3, 0.4) is 0 Å². The van der Waals surface area contributed by atoms with Crippen LogP contribution in [0.25, 0.3) is 0 Å². The molecule has 1 heteroatoms. The second kappa shape index (κ2) is 33.2. The number of allylic oxidation sites excluding steroid dienone is 3. The van der Waals surface area contributed by atoms with Gasteiger partial charge in [0.2, 0.25) is 0 Å². The van der Waals surface area contributed by atoms with Gasteiger partial charge in [0.05, 0.1) is 6.07 Å². The Kier molecular flexibility index (Phi) is 47.0. The van der Waals surface area contributed by atoms with Crippen LogP contribution >= 0.6 is 0 Å². The van der Waals surface area contributed by atoms with E-state index in [9.17, 15) is 0 Å². The van der Waals surface area contributed by atoms with Gasteiger partial charge < -0.3 is 0 Å². The third kappa shape index (κ3) is 177. The molecule has 0 aliphatic rings. The first kappa shape index (κ1) is 17.0. The Labute approximate surface area is 76.7 Å². The third-order valence-electron chi connectivity index (χ3n) is 0.669. The summed E-state index contributed by atoms with van der Waals surface area (Å²) in [6.07, 6.45) is 7.10. The molecule has 0 atom stereocenters. The lowest BCUT2D eigenvalue weighted by atomic mass is 10.5. The van der Waals surface area contributed by atoms with E-state index < -0.39 is 0 Å². The van der Waals surface area contributed by atoms with Crippen LogP contribution in [0, 0.1) is 11.3 Å². The van der Waals surface area contributed by atoms with Gasteiger partial charge in [0.25, 0.3) is 0 Å². The van der Waals surface area contributed by atoms with Crippen molar-refractivity contribution in [2.45, 2.75) is 26.7 Å². The highest BCUT2D eigenvalue weighted by Gasteiger charge is 1.45. The van der Waals surface area contributed by atoms with Crippen LogP contribution in [0.2, 0.25) is 0 Å². The number of hydrogen-bond donors (Lipinski definition) is 0. The zero-order valence-electron chi connectivity index (χ0n) is 8.21. The molecular weight excluding hydrogens is 146 g/mol. The molecule has 0 fully saturated rings. The summed E-state index contributed by atoms with van der Waals surface area (Å²) in [7, 11) is 0. The molecule has 0 aromatic carbocycles. The van der Waals surface area contributed by atoms with Gasteiger partial charge in [0.1, 0.15) is 0 Å². The minimum absolute atomic E-state index is 1.08. The van der Waals surface area contributed by atoms with E-state index in [-0.39, 0.29) is 0 Å². The van der Waals surface area contributed by atoms with Crippen molar-refractivity contribution in [3.63, 3.8) is 0 Å². The van der Waals surface area contributed by atoms with Crippen molar-refractivity contribution in [2.24, 2.45) is 0 Å². The van der Waals surface area contributed by atoms with Crippen LogP contribution < -0.4 is 0 Å². The molecule has 0 aliphatic heterocycles. The molecule has 0 saturated heterocycles. The van der Waals surface area contributed by atoms with Gasteiger partial charge in [-0.25, -0.2) is 0 Å². The van der Waals surface area contributed by atoms with Gasteiger partial charge in [-0.3, -0.25) is 0 Å². The first-order valence-electron chi connectivity index (χ1n) is 3.97. The molecule has 68 valence electrons. The molecule has 0 heterocycles. The fourth-order valence-electron chi connectivity index (χ4n) is 0. The summed E-state index contributed by atoms with van der Waals surface area (Å²) in [6.45, 7) is 14.2. The maximum atomic E-state index is 7.51. The molecule has 0 N–H and O–H groups in total. The van der Waals surface area contributed by atoms with Crippen molar-refractivity contribution < 1.29 is 0 Å². The number of nitriles is 1. The topological polar surface area (TPSA) is 23.8 Å². The lowest BCUT2D eigenvalue weighted by molar-refractivity contribution is 1.23. The van der Waals surface area contributed by atoms with Gasteiger partial charge in [-0.2, -0.15) is 5.26 Å². The molecule has 0 aromatic rings. The minimum atomic E-state index is 1.08. The van der Waals surface area contributed by atoms with Gasteiger partial charge >= 0.3 is 0 Å². The fraction of sp³-hybridized carbons (Fsp3) is 0.364.